The summed E-state index contributed by atoms with van der Waals surface area (Å²) >= 11 is 1.60. The lowest BCUT2D eigenvalue weighted by Crippen LogP contribution is -2.17. The fraction of sp³-hybridized carbons (Fsp3) is 0.474. The van der Waals surface area contributed by atoms with E-state index >= 15 is 0 Å². The first-order chi connectivity index (χ1) is 13.1. The second-order valence-corrected chi connectivity index (χ2v) is 8.04. The first kappa shape index (κ1) is 18.3. The second kappa shape index (κ2) is 7.90. The molecule has 2 aromatic rings. The highest BCUT2D eigenvalue weighted by Crippen LogP contribution is 2.32. The van der Waals surface area contributed by atoms with E-state index < -0.39 is 5.97 Å². The molecule has 6 nitrogen and oxygen atoms in total. The molecular formula is C19H22FN3O3S. The van der Waals surface area contributed by atoms with Crippen LogP contribution < -0.4 is 5.32 Å². The van der Waals surface area contributed by atoms with Gasteiger partial charge in [-0.2, -0.15) is 0 Å². The number of aromatic nitrogens is 1. The molecule has 1 aliphatic carbocycles. The van der Waals surface area contributed by atoms with Crippen molar-refractivity contribution in [1.29, 1.82) is 0 Å². The van der Waals surface area contributed by atoms with Crippen molar-refractivity contribution in [2.24, 2.45) is 4.99 Å². The van der Waals surface area contributed by atoms with Gasteiger partial charge in [0.25, 0.3) is 0 Å². The molecule has 1 saturated carbocycles. The van der Waals surface area contributed by atoms with Crippen molar-refractivity contribution in [2.75, 3.05) is 24.3 Å². The Bertz CT molecular complexity index is 876. The number of rotatable bonds is 7. The van der Waals surface area contributed by atoms with Crippen LogP contribution in [0.15, 0.2) is 23.2 Å². The number of carboxylic acids is 1. The average molecular weight is 391 g/mol. The molecule has 0 bridgehead atoms. The first-order valence-corrected chi connectivity index (χ1v) is 10.2. The quantitative estimate of drug-likeness (QED) is 0.671. The Labute approximate surface area is 160 Å². The minimum Gasteiger partial charge on any atom is -0.480 e. The summed E-state index contributed by atoms with van der Waals surface area (Å²) in [6.07, 6.45) is 4.66. The third-order valence-corrected chi connectivity index (χ3v) is 6.04. The highest BCUT2D eigenvalue weighted by atomic mass is 32.2. The van der Waals surface area contributed by atoms with Gasteiger partial charge >= 0.3 is 5.97 Å². The maximum Gasteiger partial charge on any atom is 0.329 e. The number of carboxylic acid groups (broad SMARTS) is 1. The topological polar surface area (TPSA) is 86.7 Å². The molecule has 1 aromatic carbocycles. The summed E-state index contributed by atoms with van der Waals surface area (Å²) in [4.78, 5) is 18.5. The number of aromatic amines is 1. The van der Waals surface area contributed by atoms with Crippen molar-refractivity contribution in [3.63, 3.8) is 0 Å². The van der Waals surface area contributed by atoms with E-state index in [0.717, 1.165) is 45.9 Å². The van der Waals surface area contributed by atoms with E-state index in [2.05, 4.69) is 15.3 Å². The molecular weight excluding hydrogens is 369 g/mol. The molecule has 1 atom stereocenters. The lowest BCUT2D eigenvalue weighted by molar-refractivity contribution is -0.142. The predicted molar refractivity (Wildman–Crippen MR) is 105 cm³/mol. The first-order valence-electron chi connectivity index (χ1n) is 9.18. The molecule has 2 aliphatic rings. The number of hydrogen-bond acceptors (Lipinski definition) is 5. The summed E-state index contributed by atoms with van der Waals surface area (Å²) in [7, 11) is 0. The Kier molecular flexibility index (Phi) is 5.36. The van der Waals surface area contributed by atoms with Crippen molar-refractivity contribution < 1.29 is 19.0 Å². The highest BCUT2D eigenvalue weighted by Gasteiger charge is 2.22. The van der Waals surface area contributed by atoms with E-state index in [9.17, 15) is 9.18 Å². The third-order valence-electron chi connectivity index (χ3n) is 4.89. The van der Waals surface area contributed by atoms with Gasteiger partial charge in [-0.1, -0.05) is 12.8 Å². The van der Waals surface area contributed by atoms with E-state index in [1.54, 1.807) is 17.8 Å². The number of nitrogens with zero attached hydrogens (tertiary/aromatic N) is 1. The van der Waals surface area contributed by atoms with E-state index in [4.69, 9.17) is 9.84 Å². The molecule has 3 N–H and O–H groups in total. The molecule has 0 radical (unpaired) electrons. The Morgan fingerprint density at radius 1 is 1.37 bits per heavy atom. The number of ether oxygens (including phenoxy) is 1. The van der Waals surface area contributed by atoms with Gasteiger partial charge in [-0.3, -0.25) is 4.99 Å². The molecule has 144 valence electrons. The number of nitrogens with one attached hydrogen (secondary N) is 2. The van der Waals surface area contributed by atoms with Crippen LogP contribution in [0.2, 0.25) is 0 Å². The molecule has 1 aromatic heterocycles. The van der Waals surface area contributed by atoms with Crippen molar-refractivity contribution in [2.45, 2.75) is 37.8 Å². The number of thioether (sulfide) groups is 1. The van der Waals surface area contributed by atoms with Gasteiger partial charge in [0.15, 0.2) is 0 Å². The van der Waals surface area contributed by atoms with Crippen molar-refractivity contribution >= 4 is 39.4 Å². The fourth-order valence-electron chi connectivity index (χ4n) is 3.66. The summed E-state index contributed by atoms with van der Waals surface area (Å²) in [6, 6.07) is 5.33. The monoisotopic (exact) mass is 391 g/mol. The standard InChI is InChI=1S/C19H22FN3O3S/c20-12-5-11-6-16(19-22-14(10-27-19)8-26-9-17(24)25)23-18(11)15(7-12)21-13-3-1-2-4-13/h5-7,13-14,21,23H,1-4,8-10H2,(H,24,25)/t14-/m1/s1. The van der Waals surface area contributed by atoms with E-state index in [1.807, 2.05) is 6.07 Å². The largest absolute Gasteiger partial charge is 0.480 e. The van der Waals surface area contributed by atoms with Crippen LogP contribution in [0.5, 0.6) is 0 Å². The Hall–Kier alpha value is -2.06. The number of carbonyl (C=O) groups is 1. The maximum atomic E-state index is 14.1. The SMILES string of the molecule is O=C(O)COC[C@@H]1CSC(c2cc3cc(F)cc(NC4CCCC4)c3[nH]2)=N1. The minimum atomic E-state index is -0.982. The van der Waals surface area contributed by atoms with Gasteiger partial charge in [0.2, 0.25) is 0 Å². The van der Waals surface area contributed by atoms with Crippen LogP contribution in [0.3, 0.4) is 0 Å². The predicted octanol–water partition coefficient (Wildman–Crippen LogP) is 3.62. The zero-order valence-electron chi connectivity index (χ0n) is 14.8. The average Bonchev–Trinajstić information content (AvgIpc) is 3.33. The summed E-state index contributed by atoms with van der Waals surface area (Å²) < 4.78 is 19.2. The molecule has 2 heterocycles. The van der Waals surface area contributed by atoms with Crippen LogP contribution in [0.25, 0.3) is 10.9 Å². The van der Waals surface area contributed by atoms with E-state index in [-0.39, 0.29) is 25.1 Å². The van der Waals surface area contributed by atoms with Gasteiger partial charge in [-0.05, 0) is 31.0 Å². The van der Waals surface area contributed by atoms with Crippen LogP contribution in [0.4, 0.5) is 10.1 Å². The molecule has 1 aliphatic heterocycles. The van der Waals surface area contributed by atoms with Crippen LogP contribution in [0.1, 0.15) is 31.4 Å². The van der Waals surface area contributed by atoms with Crippen molar-refractivity contribution in [1.82, 2.24) is 4.98 Å². The maximum absolute atomic E-state index is 14.1. The number of hydrogen-bond donors (Lipinski definition) is 3. The minimum absolute atomic E-state index is 0.0661. The Morgan fingerprint density at radius 3 is 2.96 bits per heavy atom. The second-order valence-electron chi connectivity index (χ2n) is 7.03. The van der Waals surface area contributed by atoms with Gasteiger partial charge in [0.1, 0.15) is 17.5 Å². The smallest absolute Gasteiger partial charge is 0.329 e. The van der Waals surface area contributed by atoms with Crippen LogP contribution >= 0.6 is 11.8 Å². The number of anilines is 1. The van der Waals surface area contributed by atoms with Gasteiger partial charge in [0, 0.05) is 17.2 Å². The Balaban J connectivity index is 1.53. The molecule has 0 unspecified atom stereocenters. The van der Waals surface area contributed by atoms with Crippen molar-refractivity contribution in [3.8, 4) is 0 Å². The van der Waals surface area contributed by atoms with Gasteiger partial charge in [0.05, 0.1) is 29.5 Å². The summed E-state index contributed by atoms with van der Waals surface area (Å²) in [6.45, 7) is -0.0278. The molecule has 27 heavy (non-hydrogen) atoms. The zero-order chi connectivity index (χ0) is 18.8. The normalized spacial score (nSPS) is 20.3. The number of aliphatic imine (C=N–C) groups is 1. The highest BCUT2D eigenvalue weighted by molar-refractivity contribution is 8.14. The zero-order valence-corrected chi connectivity index (χ0v) is 15.7. The molecule has 0 amide bonds. The number of halogens is 1. The lowest BCUT2D eigenvalue weighted by Gasteiger charge is -2.14. The lowest BCUT2D eigenvalue weighted by atomic mass is 10.2. The van der Waals surface area contributed by atoms with Crippen molar-refractivity contribution in [3.05, 3.63) is 29.7 Å². The number of H-pyrrole nitrogens is 1. The van der Waals surface area contributed by atoms with Crippen LogP contribution in [-0.4, -0.2) is 52.2 Å². The number of aliphatic carboxylic acids is 1. The van der Waals surface area contributed by atoms with Gasteiger partial charge in [-0.25, -0.2) is 9.18 Å². The molecule has 4 rings (SSSR count). The van der Waals surface area contributed by atoms with Gasteiger partial charge < -0.3 is 20.1 Å². The third kappa shape index (κ3) is 4.27. The molecule has 1 fully saturated rings. The summed E-state index contributed by atoms with van der Waals surface area (Å²) in [5.74, 6) is -0.495. The van der Waals surface area contributed by atoms with E-state index in [0.29, 0.717) is 6.04 Å². The van der Waals surface area contributed by atoms with E-state index in [1.165, 1.54) is 18.9 Å². The number of fused-ring (bicyclic) bond motifs is 1. The fourth-order valence-corrected chi connectivity index (χ4v) is 4.67. The number of benzene rings is 1. The van der Waals surface area contributed by atoms with Gasteiger partial charge in [-0.15, -0.1) is 11.8 Å². The Morgan fingerprint density at radius 2 is 2.19 bits per heavy atom. The van der Waals surface area contributed by atoms with Crippen LogP contribution in [-0.2, 0) is 9.53 Å². The molecule has 0 saturated heterocycles. The summed E-state index contributed by atoms with van der Waals surface area (Å²) in [5, 5.41) is 13.8. The molecule has 8 heteroatoms. The molecule has 0 spiro atoms. The van der Waals surface area contributed by atoms with Crippen LogP contribution in [0, 0.1) is 5.82 Å². The summed E-state index contributed by atoms with van der Waals surface area (Å²) in [5.41, 5.74) is 2.55.